The molecule has 110 valence electrons. The van der Waals surface area contributed by atoms with Crippen molar-refractivity contribution in [1.29, 1.82) is 0 Å². The maximum atomic E-state index is 11.4. The number of carboxylic acid groups (broad SMARTS) is 1. The van der Waals surface area contributed by atoms with Gasteiger partial charge in [0.05, 0.1) is 16.3 Å². The van der Waals surface area contributed by atoms with Crippen LogP contribution in [-0.2, 0) is 0 Å². The number of likely N-dealkylation sites (N-methyl/N-ethyl adjacent to an activating group) is 1. The number of carboxylic acids is 1. The van der Waals surface area contributed by atoms with Crippen LogP contribution < -0.4 is 4.90 Å². The van der Waals surface area contributed by atoms with Crippen LogP contribution >= 0.6 is 11.6 Å². The van der Waals surface area contributed by atoms with Crippen molar-refractivity contribution in [3.8, 4) is 0 Å². The van der Waals surface area contributed by atoms with E-state index in [0.717, 1.165) is 32.6 Å². The van der Waals surface area contributed by atoms with Crippen LogP contribution in [0.1, 0.15) is 30.6 Å². The van der Waals surface area contributed by atoms with Gasteiger partial charge in [-0.1, -0.05) is 31.5 Å². The number of hydrogen-bond donors (Lipinski definition) is 1. The van der Waals surface area contributed by atoms with Crippen molar-refractivity contribution in [3.05, 3.63) is 28.8 Å². The molecule has 5 heteroatoms. The predicted octanol–water partition coefficient (Wildman–Crippen LogP) is 2.96. The third-order valence-electron chi connectivity index (χ3n) is 4.03. The minimum Gasteiger partial charge on any atom is -0.478 e. The molecule has 1 aliphatic heterocycles. The topological polar surface area (TPSA) is 43.8 Å². The van der Waals surface area contributed by atoms with Crippen molar-refractivity contribution in [2.45, 2.75) is 26.3 Å². The molecule has 1 aliphatic rings. The SMILES string of the molecule is CCN(CC)C1CCN(c2c(Cl)cccc2C(=O)O)C1. The van der Waals surface area contributed by atoms with E-state index in [-0.39, 0.29) is 5.56 Å². The number of carbonyl (C=O) groups is 1. The molecule has 1 saturated heterocycles. The van der Waals surface area contributed by atoms with Crippen molar-refractivity contribution < 1.29 is 9.90 Å². The van der Waals surface area contributed by atoms with Crippen molar-refractivity contribution >= 4 is 23.3 Å². The van der Waals surface area contributed by atoms with Gasteiger partial charge in [0.25, 0.3) is 0 Å². The van der Waals surface area contributed by atoms with Gasteiger partial charge in [0, 0.05) is 19.1 Å². The lowest BCUT2D eigenvalue weighted by Gasteiger charge is -2.27. The zero-order valence-electron chi connectivity index (χ0n) is 12.0. The van der Waals surface area contributed by atoms with Gasteiger partial charge < -0.3 is 10.0 Å². The van der Waals surface area contributed by atoms with E-state index in [4.69, 9.17) is 11.6 Å². The third kappa shape index (κ3) is 2.91. The maximum absolute atomic E-state index is 11.4. The van der Waals surface area contributed by atoms with Gasteiger partial charge in [-0.05, 0) is 31.6 Å². The predicted molar refractivity (Wildman–Crippen MR) is 82.0 cm³/mol. The summed E-state index contributed by atoms with van der Waals surface area (Å²) in [5, 5.41) is 9.84. The van der Waals surface area contributed by atoms with E-state index in [1.54, 1.807) is 18.2 Å². The molecule has 1 heterocycles. The van der Waals surface area contributed by atoms with E-state index in [9.17, 15) is 9.90 Å². The molecule has 0 aromatic heterocycles. The Morgan fingerprint density at radius 3 is 2.75 bits per heavy atom. The molecule has 1 N–H and O–H groups in total. The van der Waals surface area contributed by atoms with E-state index in [0.29, 0.717) is 16.8 Å². The van der Waals surface area contributed by atoms with Crippen LogP contribution in [0, 0.1) is 0 Å². The molecule has 20 heavy (non-hydrogen) atoms. The van der Waals surface area contributed by atoms with Crippen molar-refractivity contribution in [3.63, 3.8) is 0 Å². The van der Waals surface area contributed by atoms with E-state index in [2.05, 4.69) is 23.6 Å². The molecule has 0 amide bonds. The summed E-state index contributed by atoms with van der Waals surface area (Å²) in [5.41, 5.74) is 0.953. The highest BCUT2D eigenvalue weighted by Gasteiger charge is 2.29. The van der Waals surface area contributed by atoms with Crippen LogP contribution in [-0.4, -0.2) is 48.2 Å². The second-order valence-electron chi connectivity index (χ2n) is 5.05. The molecule has 0 spiro atoms. The van der Waals surface area contributed by atoms with Crippen molar-refractivity contribution in [2.24, 2.45) is 0 Å². The van der Waals surface area contributed by atoms with Gasteiger partial charge in [-0.2, -0.15) is 0 Å². The summed E-state index contributed by atoms with van der Waals surface area (Å²) in [7, 11) is 0. The second kappa shape index (κ2) is 6.46. The lowest BCUT2D eigenvalue weighted by Crippen LogP contribution is -2.37. The minimum atomic E-state index is -0.922. The van der Waals surface area contributed by atoms with Crippen LogP contribution in [0.4, 0.5) is 5.69 Å². The number of hydrogen-bond acceptors (Lipinski definition) is 3. The second-order valence-corrected chi connectivity index (χ2v) is 5.46. The third-order valence-corrected chi connectivity index (χ3v) is 4.33. The van der Waals surface area contributed by atoms with E-state index in [1.807, 2.05) is 0 Å². The normalized spacial score (nSPS) is 18.8. The molecule has 1 aromatic carbocycles. The van der Waals surface area contributed by atoms with Gasteiger partial charge in [0.2, 0.25) is 0 Å². The Kier molecular flexibility index (Phi) is 4.89. The monoisotopic (exact) mass is 296 g/mol. The molecule has 2 rings (SSSR count). The van der Waals surface area contributed by atoms with E-state index in [1.165, 1.54) is 0 Å². The lowest BCUT2D eigenvalue weighted by molar-refractivity contribution is 0.0697. The van der Waals surface area contributed by atoms with Crippen LogP contribution in [0.2, 0.25) is 5.02 Å². The van der Waals surface area contributed by atoms with Gasteiger partial charge >= 0.3 is 5.97 Å². The molecular weight excluding hydrogens is 276 g/mol. The smallest absolute Gasteiger partial charge is 0.337 e. The zero-order valence-corrected chi connectivity index (χ0v) is 12.7. The molecule has 1 aromatic rings. The lowest BCUT2D eigenvalue weighted by atomic mass is 10.1. The summed E-state index contributed by atoms with van der Waals surface area (Å²) < 4.78 is 0. The summed E-state index contributed by atoms with van der Waals surface area (Å²) >= 11 is 6.23. The Hall–Kier alpha value is -1.26. The van der Waals surface area contributed by atoms with Crippen LogP contribution in [0.5, 0.6) is 0 Å². The number of anilines is 1. The maximum Gasteiger partial charge on any atom is 0.337 e. The van der Waals surface area contributed by atoms with Crippen LogP contribution in [0.15, 0.2) is 18.2 Å². The number of benzene rings is 1. The number of halogens is 1. The molecule has 0 radical (unpaired) electrons. The number of aromatic carboxylic acids is 1. The Labute approximate surface area is 124 Å². The fourth-order valence-corrected chi connectivity index (χ4v) is 3.29. The van der Waals surface area contributed by atoms with Crippen molar-refractivity contribution in [1.82, 2.24) is 4.90 Å². The summed E-state index contributed by atoms with van der Waals surface area (Å²) in [6.45, 7) is 8.04. The van der Waals surface area contributed by atoms with Crippen molar-refractivity contribution in [2.75, 3.05) is 31.1 Å². The zero-order chi connectivity index (χ0) is 14.7. The molecule has 0 bridgehead atoms. The van der Waals surface area contributed by atoms with Gasteiger partial charge in [0.1, 0.15) is 0 Å². The highest BCUT2D eigenvalue weighted by atomic mass is 35.5. The molecule has 1 unspecified atom stereocenters. The van der Waals surface area contributed by atoms with Crippen LogP contribution in [0.3, 0.4) is 0 Å². The quantitative estimate of drug-likeness (QED) is 0.907. The first-order valence-electron chi connectivity index (χ1n) is 7.09. The molecule has 4 nitrogen and oxygen atoms in total. The first-order chi connectivity index (χ1) is 9.58. The van der Waals surface area contributed by atoms with Gasteiger partial charge in [-0.15, -0.1) is 0 Å². The summed E-state index contributed by atoms with van der Waals surface area (Å²) in [5.74, 6) is -0.922. The standard InChI is InChI=1S/C15H21ClN2O2/c1-3-17(4-2)11-8-9-18(10-11)14-12(15(19)20)6-5-7-13(14)16/h5-7,11H,3-4,8-10H2,1-2H3,(H,19,20). The Bertz CT molecular complexity index is 489. The number of rotatable bonds is 5. The average molecular weight is 297 g/mol. The van der Waals surface area contributed by atoms with E-state index >= 15 is 0 Å². The number of para-hydroxylation sites is 1. The Balaban J connectivity index is 2.24. The Morgan fingerprint density at radius 1 is 1.45 bits per heavy atom. The molecule has 0 saturated carbocycles. The number of nitrogens with zero attached hydrogens (tertiary/aromatic N) is 2. The fraction of sp³-hybridized carbons (Fsp3) is 0.533. The Morgan fingerprint density at radius 2 is 2.15 bits per heavy atom. The van der Waals surface area contributed by atoms with Crippen LogP contribution in [0.25, 0.3) is 0 Å². The van der Waals surface area contributed by atoms with Gasteiger partial charge in [-0.25, -0.2) is 4.79 Å². The highest BCUT2D eigenvalue weighted by molar-refractivity contribution is 6.34. The molecule has 1 fully saturated rings. The molecule has 0 aliphatic carbocycles. The molecule has 1 atom stereocenters. The fourth-order valence-electron chi connectivity index (χ4n) is 2.99. The summed E-state index contributed by atoms with van der Waals surface area (Å²) in [4.78, 5) is 15.9. The highest BCUT2D eigenvalue weighted by Crippen LogP contribution is 2.33. The largest absolute Gasteiger partial charge is 0.478 e. The van der Waals surface area contributed by atoms with E-state index < -0.39 is 5.97 Å². The minimum absolute atomic E-state index is 0.290. The first kappa shape index (κ1) is 15.1. The van der Waals surface area contributed by atoms with Gasteiger partial charge in [0.15, 0.2) is 0 Å². The first-order valence-corrected chi connectivity index (χ1v) is 7.47. The van der Waals surface area contributed by atoms with Gasteiger partial charge in [-0.3, -0.25) is 4.90 Å². The molecular formula is C15H21ClN2O2. The summed E-state index contributed by atoms with van der Waals surface area (Å²) in [6, 6.07) is 5.54. The average Bonchev–Trinajstić information content (AvgIpc) is 2.89. The summed E-state index contributed by atoms with van der Waals surface area (Å²) in [6.07, 6.45) is 1.05.